The van der Waals surface area contributed by atoms with Crippen LogP contribution < -0.4 is 16.3 Å². The Balaban J connectivity index is 2.30. The summed E-state index contributed by atoms with van der Waals surface area (Å²) in [5.74, 6) is 0.803. The fraction of sp³-hybridized carbons (Fsp3) is 0.455. The summed E-state index contributed by atoms with van der Waals surface area (Å²) in [6, 6.07) is 1.73. The van der Waals surface area contributed by atoms with E-state index in [1.54, 1.807) is 6.07 Å². The third kappa shape index (κ3) is 2.56. The van der Waals surface area contributed by atoms with Crippen LogP contribution in [-0.2, 0) is 0 Å². The summed E-state index contributed by atoms with van der Waals surface area (Å²) in [7, 11) is 0. The summed E-state index contributed by atoms with van der Waals surface area (Å²) in [6.07, 6.45) is 1.44. The quantitative estimate of drug-likeness (QED) is 0.511. The van der Waals surface area contributed by atoms with Gasteiger partial charge in [0.2, 0.25) is 0 Å². The number of aromatic amines is 1. The van der Waals surface area contributed by atoms with Crippen LogP contribution in [0, 0.1) is 11.3 Å². The van der Waals surface area contributed by atoms with Gasteiger partial charge in [-0.15, -0.1) is 0 Å². The molecule has 0 spiro atoms. The topological polar surface area (TPSA) is 116 Å². The molecule has 2 rings (SSSR count). The van der Waals surface area contributed by atoms with E-state index in [9.17, 15) is 4.79 Å². The van der Waals surface area contributed by atoms with Crippen molar-refractivity contribution in [3.05, 3.63) is 22.9 Å². The normalized spacial score (nSPS) is 12.5. The van der Waals surface area contributed by atoms with Crippen molar-refractivity contribution >= 4 is 17.3 Å². The molecule has 0 aliphatic rings. The Bertz CT molecular complexity index is 644. The second-order valence-corrected chi connectivity index (χ2v) is 4.40. The van der Waals surface area contributed by atoms with E-state index in [-0.39, 0.29) is 17.4 Å². The molecule has 0 aromatic carbocycles. The second kappa shape index (κ2) is 5.09. The minimum atomic E-state index is -0.311. The molecule has 1 unspecified atom stereocenters. The molecule has 8 heteroatoms. The number of aromatic nitrogens is 4. The van der Waals surface area contributed by atoms with Crippen LogP contribution in [-0.4, -0.2) is 38.5 Å². The van der Waals surface area contributed by atoms with E-state index >= 15 is 0 Å². The third-order valence-corrected chi connectivity index (χ3v) is 3.03. The fourth-order valence-electron chi connectivity index (χ4n) is 1.79. The number of anilines is 1. The number of nitrogens with one attached hydrogen (secondary N) is 2. The summed E-state index contributed by atoms with van der Waals surface area (Å²) in [4.78, 5) is 17.6. The number of hydrogen-bond acceptors (Lipinski definition) is 5. The highest BCUT2D eigenvalue weighted by atomic mass is 16.1. The summed E-state index contributed by atoms with van der Waals surface area (Å²) in [5.41, 5.74) is 5.69. The van der Waals surface area contributed by atoms with Crippen molar-refractivity contribution < 1.29 is 0 Å². The van der Waals surface area contributed by atoms with Crippen molar-refractivity contribution in [2.24, 2.45) is 11.7 Å². The lowest BCUT2D eigenvalue weighted by Gasteiger charge is -2.24. The maximum absolute atomic E-state index is 11.3. The van der Waals surface area contributed by atoms with Crippen LogP contribution in [0.1, 0.15) is 13.8 Å². The molecule has 1 atom stereocenters. The summed E-state index contributed by atoms with van der Waals surface area (Å²) >= 11 is 0. The van der Waals surface area contributed by atoms with Crippen molar-refractivity contribution in [2.45, 2.75) is 13.8 Å². The maximum Gasteiger partial charge on any atom is 0.348 e. The molecule has 0 aliphatic carbocycles. The average molecular weight is 263 g/mol. The van der Waals surface area contributed by atoms with Crippen molar-refractivity contribution in [1.82, 2.24) is 19.6 Å². The summed E-state index contributed by atoms with van der Waals surface area (Å²) in [5, 5.41) is 13.7. The van der Waals surface area contributed by atoms with Gasteiger partial charge in [0.1, 0.15) is 12.1 Å². The Morgan fingerprint density at radius 3 is 3.05 bits per heavy atom. The zero-order chi connectivity index (χ0) is 14.0. The summed E-state index contributed by atoms with van der Waals surface area (Å²) in [6.45, 7) is 5.22. The molecular weight excluding hydrogens is 246 g/mol. The molecule has 19 heavy (non-hydrogen) atoms. The molecule has 2 heterocycles. The van der Waals surface area contributed by atoms with Gasteiger partial charge in [0.15, 0.2) is 5.65 Å². The molecule has 102 valence electrons. The zero-order valence-electron chi connectivity index (χ0n) is 10.9. The van der Waals surface area contributed by atoms with Crippen molar-refractivity contribution in [3.63, 3.8) is 0 Å². The monoisotopic (exact) mass is 263 g/mol. The smallest absolute Gasteiger partial charge is 0.348 e. The Morgan fingerprint density at radius 2 is 2.42 bits per heavy atom. The van der Waals surface area contributed by atoms with Gasteiger partial charge in [-0.3, -0.25) is 5.41 Å². The number of nitrogens with zero attached hydrogens (tertiary/aromatic N) is 4. The predicted molar refractivity (Wildman–Crippen MR) is 72.6 cm³/mol. The first-order chi connectivity index (χ1) is 9.02. The molecule has 0 aliphatic heterocycles. The van der Waals surface area contributed by atoms with E-state index in [0.29, 0.717) is 18.0 Å². The first-order valence-electron chi connectivity index (χ1n) is 6.04. The van der Waals surface area contributed by atoms with E-state index in [2.05, 4.69) is 15.2 Å². The van der Waals surface area contributed by atoms with Crippen LogP contribution in [0.15, 0.2) is 17.2 Å². The number of fused-ring (bicyclic) bond motifs is 1. The molecule has 2 aromatic heterocycles. The number of hydrogen-bond donors (Lipinski definition) is 3. The Labute approximate surface area is 109 Å². The van der Waals surface area contributed by atoms with Gasteiger partial charge in [0.05, 0.1) is 5.84 Å². The number of amidine groups is 1. The van der Waals surface area contributed by atoms with Crippen LogP contribution in [0.25, 0.3) is 5.65 Å². The Hall–Kier alpha value is -2.38. The fourth-order valence-corrected chi connectivity index (χ4v) is 1.79. The van der Waals surface area contributed by atoms with Crippen molar-refractivity contribution in [1.29, 1.82) is 5.41 Å². The van der Waals surface area contributed by atoms with Crippen LogP contribution >= 0.6 is 0 Å². The highest BCUT2D eigenvalue weighted by molar-refractivity contribution is 5.79. The highest BCUT2D eigenvalue weighted by Crippen LogP contribution is 2.13. The van der Waals surface area contributed by atoms with Crippen molar-refractivity contribution in [2.75, 3.05) is 18.0 Å². The van der Waals surface area contributed by atoms with Crippen LogP contribution in [0.4, 0.5) is 5.82 Å². The molecule has 0 amide bonds. The predicted octanol–water partition coefficient (Wildman–Crippen LogP) is -0.184. The third-order valence-electron chi connectivity index (χ3n) is 3.03. The average Bonchev–Trinajstić information content (AvgIpc) is 2.76. The van der Waals surface area contributed by atoms with Crippen LogP contribution in [0.3, 0.4) is 0 Å². The molecular formula is C11H17N7O. The highest BCUT2D eigenvalue weighted by Gasteiger charge is 2.14. The van der Waals surface area contributed by atoms with Crippen molar-refractivity contribution in [3.8, 4) is 0 Å². The lowest BCUT2D eigenvalue weighted by molar-refractivity contribution is 0.689. The number of H-pyrrole nitrogens is 1. The van der Waals surface area contributed by atoms with E-state index in [1.807, 2.05) is 18.7 Å². The molecule has 0 saturated heterocycles. The Morgan fingerprint density at radius 1 is 1.68 bits per heavy atom. The first-order valence-corrected chi connectivity index (χ1v) is 6.04. The van der Waals surface area contributed by atoms with Gasteiger partial charge in [0, 0.05) is 25.1 Å². The molecule has 0 radical (unpaired) electrons. The van der Waals surface area contributed by atoms with Gasteiger partial charge in [-0.1, -0.05) is 6.92 Å². The van der Waals surface area contributed by atoms with E-state index < -0.39 is 0 Å². The number of nitrogens with two attached hydrogens (primary N) is 1. The second-order valence-electron chi connectivity index (χ2n) is 4.40. The molecule has 2 aromatic rings. The molecule has 4 N–H and O–H groups in total. The standard InChI is InChI=1S/C11H17N7O/c1-3-17(5-7(2)10(12)13)8-4-9-15-16-11(19)18(9)6-14-8/h4,6-7H,3,5H2,1-2H3,(H3,12,13)(H,16,19). The SMILES string of the molecule is CCN(CC(C)C(=N)N)c1cc2n[nH]c(=O)n2cn1. The lowest BCUT2D eigenvalue weighted by atomic mass is 10.1. The number of rotatable bonds is 5. The molecule has 8 nitrogen and oxygen atoms in total. The zero-order valence-corrected chi connectivity index (χ0v) is 10.9. The molecule has 0 bridgehead atoms. The lowest BCUT2D eigenvalue weighted by Crippen LogP contribution is -2.35. The Kier molecular flexibility index (Phi) is 3.50. The van der Waals surface area contributed by atoms with E-state index in [1.165, 1.54) is 10.7 Å². The van der Waals surface area contributed by atoms with Gasteiger partial charge in [0.25, 0.3) is 0 Å². The molecule has 0 saturated carbocycles. The minimum Gasteiger partial charge on any atom is -0.387 e. The van der Waals surface area contributed by atoms with Gasteiger partial charge >= 0.3 is 5.69 Å². The first kappa shape index (κ1) is 13.1. The summed E-state index contributed by atoms with van der Waals surface area (Å²) < 4.78 is 1.34. The van der Waals surface area contributed by atoms with Crippen LogP contribution in [0.5, 0.6) is 0 Å². The molecule has 0 fully saturated rings. The maximum atomic E-state index is 11.3. The van der Waals surface area contributed by atoms with E-state index in [4.69, 9.17) is 11.1 Å². The largest absolute Gasteiger partial charge is 0.387 e. The van der Waals surface area contributed by atoms with Gasteiger partial charge < -0.3 is 10.6 Å². The van der Waals surface area contributed by atoms with Gasteiger partial charge in [-0.2, -0.15) is 5.10 Å². The van der Waals surface area contributed by atoms with Gasteiger partial charge in [-0.25, -0.2) is 19.3 Å². The van der Waals surface area contributed by atoms with E-state index in [0.717, 1.165) is 6.54 Å². The van der Waals surface area contributed by atoms with Crippen LogP contribution in [0.2, 0.25) is 0 Å². The van der Waals surface area contributed by atoms with Gasteiger partial charge in [-0.05, 0) is 6.92 Å². The minimum absolute atomic E-state index is 0.0562.